The summed E-state index contributed by atoms with van der Waals surface area (Å²) in [5.41, 5.74) is 0.428. The van der Waals surface area contributed by atoms with Crippen LogP contribution in [0, 0.1) is 0 Å². The Balaban J connectivity index is 4.07. The van der Waals surface area contributed by atoms with Crippen molar-refractivity contribution >= 4 is 5.97 Å². The smallest absolute Gasteiger partial charge is 0.331 e. The van der Waals surface area contributed by atoms with Crippen LogP contribution in [0.25, 0.3) is 0 Å². The summed E-state index contributed by atoms with van der Waals surface area (Å²) in [6, 6.07) is 0. The minimum Gasteiger partial charge on any atom is -0.457 e. The highest BCUT2D eigenvalue weighted by molar-refractivity contribution is 5.83. The van der Waals surface area contributed by atoms with Gasteiger partial charge in [-0.3, -0.25) is 0 Å². The average molecular weight is 186 g/mol. The molecule has 0 aromatic rings. The topological polar surface area (TPSA) is 35.5 Å². The number of rotatable bonds is 3. The van der Waals surface area contributed by atoms with Crippen LogP contribution >= 0.6 is 0 Å². The number of carbonyl (C=O) groups is 1. The number of carbonyl (C=O) groups excluding carboxylic acids is 1. The lowest BCUT2D eigenvalue weighted by Crippen LogP contribution is -2.22. The molecule has 0 aromatic carbocycles. The molecule has 0 N–H and O–H groups in total. The third kappa shape index (κ3) is 7.53. The second kappa shape index (κ2) is 5.02. The van der Waals surface area contributed by atoms with Crippen LogP contribution in [0.15, 0.2) is 11.6 Å². The van der Waals surface area contributed by atoms with Crippen molar-refractivity contribution in [2.24, 2.45) is 0 Å². The number of methoxy groups -OCH3 is 1. The maximum absolute atomic E-state index is 11.2. The Morgan fingerprint density at radius 3 is 2.31 bits per heavy atom. The van der Waals surface area contributed by atoms with E-state index in [9.17, 15) is 4.79 Å². The zero-order valence-electron chi connectivity index (χ0n) is 9.01. The number of hydrogen-bond acceptors (Lipinski definition) is 3. The lowest BCUT2D eigenvalue weighted by atomic mass is 10.2. The summed E-state index contributed by atoms with van der Waals surface area (Å²) in [5.74, 6) is -0.318. The van der Waals surface area contributed by atoms with Crippen LogP contribution in [0.3, 0.4) is 0 Å². The third-order valence-corrected chi connectivity index (χ3v) is 1.14. The Morgan fingerprint density at radius 2 is 1.92 bits per heavy atom. The molecule has 0 fully saturated rings. The van der Waals surface area contributed by atoms with Gasteiger partial charge in [-0.15, -0.1) is 0 Å². The fraction of sp³-hybridized carbons (Fsp3) is 0.700. The van der Waals surface area contributed by atoms with Crippen LogP contribution in [0.2, 0.25) is 0 Å². The second-order valence-electron chi connectivity index (χ2n) is 3.96. The summed E-state index contributed by atoms with van der Waals surface area (Å²) >= 11 is 0. The van der Waals surface area contributed by atoms with Crippen LogP contribution in [-0.4, -0.2) is 25.3 Å². The molecular formula is C10H18O3. The highest BCUT2D eigenvalue weighted by Gasteiger charge is 2.14. The summed E-state index contributed by atoms with van der Waals surface area (Å²) < 4.78 is 9.94. The third-order valence-electron chi connectivity index (χ3n) is 1.14. The SMILES string of the molecule is COC/C(C)=C/C(=O)OC(C)(C)C. The van der Waals surface area contributed by atoms with Crippen LogP contribution < -0.4 is 0 Å². The van der Waals surface area contributed by atoms with E-state index in [0.717, 1.165) is 5.57 Å². The minimum atomic E-state index is -0.430. The van der Waals surface area contributed by atoms with E-state index in [-0.39, 0.29) is 5.97 Å². The van der Waals surface area contributed by atoms with Gasteiger partial charge in [-0.1, -0.05) is 0 Å². The predicted molar refractivity (Wildman–Crippen MR) is 51.5 cm³/mol. The average Bonchev–Trinajstić information content (AvgIpc) is 1.81. The molecule has 0 spiro atoms. The van der Waals surface area contributed by atoms with E-state index >= 15 is 0 Å². The van der Waals surface area contributed by atoms with Gasteiger partial charge in [0.1, 0.15) is 5.60 Å². The van der Waals surface area contributed by atoms with Gasteiger partial charge < -0.3 is 9.47 Å². The highest BCUT2D eigenvalue weighted by atomic mass is 16.6. The van der Waals surface area contributed by atoms with Gasteiger partial charge in [-0.2, -0.15) is 0 Å². The molecule has 0 atom stereocenters. The van der Waals surface area contributed by atoms with Gasteiger partial charge in [0.05, 0.1) is 6.61 Å². The largest absolute Gasteiger partial charge is 0.457 e. The molecule has 76 valence electrons. The molecule has 3 heteroatoms. The Morgan fingerprint density at radius 1 is 1.38 bits per heavy atom. The normalized spacial score (nSPS) is 12.8. The van der Waals surface area contributed by atoms with Crippen molar-refractivity contribution < 1.29 is 14.3 Å². The van der Waals surface area contributed by atoms with E-state index in [1.54, 1.807) is 7.11 Å². The first-order valence-corrected chi connectivity index (χ1v) is 4.24. The monoisotopic (exact) mass is 186 g/mol. The molecule has 3 nitrogen and oxygen atoms in total. The number of ether oxygens (including phenoxy) is 2. The molecule has 13 heavy (non-hydrogen) atoms. The number of esters is 1. The maximum atomic E-state index is 11.2. The fourth-order valence-corrected chi connectivity index (χ4v) is 0.802. The summed E-state index contributed by atoms with van der Waals surface area (Å²) in [5, 5.41) is 0. The van der Waals surface area contributed by atoms with E-state index < -0.39 is 5.60 Å². The first kappa shape index (κ1) is 12.2. The highest BCUT2D eigenvalue weighted by Crippen LogP contribution is 2.08. The molecule has 0 rings (SSSR count). The second-order valence-corrected chi connectivity index (χ2v) is 3.96. The quantitative estimate of drug-likeness (QED) is 0.499. The molecule has 0 aliphatic carbocycles. The molecule has 0 unspecified atom stereocenters. The lowest BCUT2D eigenvalue weighted by Gasteiger charge is -2.18. The van der Waals surface area contributed by atoms with Crippen molar-refractivity contribution in [3.8, 4) is 0 Å². The zero-order chi connectivity index (χ0) is 10.5. The van der Waals surface area contributed by atoms with Crippen LogP contribution in [0.5, 0.6) is 0 Å². The van der Waals surface area contributed by atoms with Gasteiger partial charge in [0.2, 0.25) is 0 Å². The van der Waals surface area contributed by atoms with Gasteiger partial charge in [0.25, 0.3) is 0 Å². The summed E-state index contributed by atoms with van der Waals surface area (Å²) in [4.78, 5) is 11.2. The molecule has 0 heterocycles. The summed E-state index contributed by atoms with van der Waals surface area (Å²) in [6.45, 7) is 7.80. The van der Waals surface area contributed by atoms with Crippen LogP contribution in [0.4, 0.5) is 0 Å². The van der Waals surface area contributed by atoms with E-state index in [1.807, 2.05) is 27.7 Å². The number of hydrogen-bond donors (Lipinski definition) is 0. The van der Waals surface area contributed by atoms with Gasteiger partial charge >= 0.3 is 5.97 Å². The van der Waals surface area contributed by atoms with Gasteiger partial charge in [0, 0.05) is 13.2 Å². The fourth-order valence-electron chi connectivity index (χ4n) is 0.802. The van der Waals surface area contributed by atoms with E-state index in [2.05, 4.69) is 0 Å². The van der Waals surface area contributed by atoms with Crippen molar-refractivity contribution in [1.82, 2.24) is 0 Å². The first-order chi connectivity index (χ1) is 5.85. The van der Waals surface area contributed by atoms with Gasteiger partial charge in [0.15, 0.2) is 0 Å². The molecule has 0 radical (unpaired) electrons. The van der Waals surface area contributed by atoms with Gasteiger partial charge in [-0.25, -0.2) is 4.79 Å². The maximum Gasteiger partial charge on any atom is 0.331 e. The summed E-state index contributed by atoms with van der Waals surface area (Å²) in [7, 11) is 1.59. The summed E-state index contributed by atoms with van der Waals surface area (Å²) in [6.07, 6.45) is 1.45. The standard InChI is InChI=1S/C10H18O3/c1-8(7-12-5)6-9(11)13-10(2,3)4/h6H,7H2,1-5H3/b8-6+. The minimum absolute atomic E-state index is 0.318. The Hall–Kier alpha value is -0.830. The molecule has 0 amide bonds. The van der Waals surface area contributed by atoms with Crippen LogP contribution in [-0.2, 0) is 14.3 Å². The Kier molecular flexibility index (Phi) is 4.70. The van der Waals surface area contributed by atoms with Crippen LogP contribution in [0.1, 0.15) is 27.7 Å². The molecular weight excluding hydrogens is 168 g/mol. The first-order valence-electron chi connectivity index (χ1n) is 4.24. The Labute approximate surface area is 79.7 Å². The van der Waals surface area contributed by atoms with E-state index in [1.165, 1.54) is 6.08 Å². The zero-order valence-corrected chi connectivity index (χ0v) is 9.01. The molecule has 0 saturated carbocycles. The van der Waals surface area contributed by atoms with E-state index in [0.29, 0.717) is 6.61 Å². The molecule has 0 aliphatic rings. The predicted octanol–water partition coefficient (Wildman–Crippen LogP) is 1.92. The van der Waals surface area contributed by atoms with Crippen molar-refractivity contribution in [2.45, 2.75) is 33.3 Å². The molecule has 0 bridgehead atoms. The lowest BCUT2D eigenvalue weighted by molar-refractivity contribution is -0.148. The molecule has 0 aromatic heterocycles. The van der Waals surface area contributed by atoms with E-state index in [4.69, 9.17) is 9.47 Å². The van der Waals surface area contributed by atoms with Crippen molar-refractivity contribution in [3.63, 3.8) is 0 Å². The molecule has 0 aliphatic heterocycles. The van der Waals surface area contributed by atoms with Crippen molar-refractivity contribution in [3.05, 3.63) is 11.6 Å². The van der Waals surface area contributed by atoms with Gasteiger partial charge in [-0.05, 0) is 33.3 Å². The van der Waals surface area contributed by atoms with Crippen molar-refractivity contribution in [2.75, 3.05) is 13.7 Å². The Bertz CT molecular complexity index is 199. The molecule has 0 saturated heterocycles. The van der Waals surface area contributed by atoms with Crippen molar-refractivity contribution in [1.29, 1.82) is 0 Å².